The number of rotatable bonds is 2. The van der Waals surface area contributed by atoms with Gasteiger partial charge in [-0.25, -0.2) is 0 Å². The van der Waals surface area contributed by atoms with Gasteiger partial charge in [0.1, 0.15) is 12.2 Å². The van der Waals surface area contributed by atoms with Crippen LogP contribution in [0.4, 0.5) is 13.2 Å². The van der Waals surface area contributed by atoms with Crippen molar-refractivity contribution in [3.05, 3.63) is 70.8 Å². The molecule has 5 heteroatoms. The lowest BCUT2D eigenvalue weighted by atomic mass is 9.96. The summed E-state index contributed by atoms with van der Waals surface area (Å²) in [6.45, 7) is 0.401. The quantitative estimate of drug-likeness (QED) is 0.906. The Kier molecular flexibility index (Phi) is 3.47. The van der Waals surface area contributed by atoms with E-state index in [1.807, 2.05) is 24.3 Å². The van der Waals surface area contributed by atoms with Crippen LogP contribution in [0.25, 0.3) is 0 Å². The fourth-order valence-electron chi connectivity index (χ4n) is 2.52. The molecule has 3 rings (SSSR count). The third-order valence-corrected chi connectivity index (χ3v) is 3.65. The van der Waals surface area contributed by atoms with Crippen LogP contribution in [0.2, 0.25) is 0 Å². The second-order valence-corrected chi connectivity index (χ2v) is 5.00. The standard InChI is InChI=1S/C16H13F3O2/c17-16(18,19)12-7-5-10(6-8-12)14(20)15-13-4-2-1-3-11(13)9-21-15/h1-8,14-15,20H,9H2/t14-,15-/m0/s1. The molecule has 0 spiro atoms. The third-order valence-electron chi connectivity index (χ3n) is 3.65. The molecule has 0 aromatic heterocycles. The van der Waals surface area contributed by atoms with Gasteiger partial charge in [0.25, 0.3) is 0 Å². The molecule has 1 heterocycles. The average Bonchev–Trinajstić information content (AvgIpc) is 2.90. The van der Waals surface area contributed by atoms with Crippen LogP contribution in [-0.4, -0.2) is 5.11 Å². The fourth-order valence-corrected chi connectivity index (χ4v) is 2.52. The highest BCUT2D eigenvalue weighted by Gasteiger charge is 2.32. The largest absolute Gasteiger partial charge is 0.416 e. The zero-order chi connectivity index (χ0) is 15.0. The van der Waals surface area contributed by atoms with Crippen molar-refractivity contribution >= 4 is 0 Å². The average molecular weight is 294 g/mol. The SMILES string of the molecule is O[C@@H](c1ccc(C(F)(F)F)cc1)[C@H]1OCc2ccccc21. The summed E-state index contributed by atoms with van der Waals surface area (Å²) in [5, 5.41) is 10.4. The van der Waals surface area contributed by atoms with Gasteiger partial charge in [-0.2, -0.15) is 13.2 Å². The number of hydrogen-bond donors (Lipinski definition) is 1. The fraction of sp³-hybridized carbons (Fsp3) is 0.250. The number of benzene rings is 2. The Balaban J connectivity index is 1.85. The number of ether oxygens (including phenoxy) is 1. The highest BCUT2D eigenvalue weighted by atomic mass is 19.4. The van der Waals surface area contributed by atoms with E-state index in [1.54, 1.807) is 0 Å². The van der Waals surface area contributed by atoms with Crippen molar-refractivity contribution in [1.82, 2.24) is 0 Å². The normalized spacial score (nSPS) is 19.3. The molecule has 0 radical (unpaired) electrons. The number of fused-ring (bicyclic) bond motifs is 1. The Morgan fingerprint density at radius 1 is 1.05 bits per heavy atom. The topological polar surface area (TPSA) is 29.5 Å². The minimum Gasteiger partial charge on any atom is -0.385 e. The molecule has 110 valence electrons. The van der Waals surface area contributed by atoms with Crippen molar-refractivity contribution in [1.29, 1.82) is 0 Å². The van der Waals surface area contributed by atoms with Gasteiger partial charge < -0.3 is 9.84 Å². The van der Waals surface area contributed by atoms with Crippen LogP contribution in [0.1, 0.15) is 34.5 Å². The lowest BCUT2D eigenvalue weighted by molar-refractivity contribution is -0.137. The molecule has 0 fully saturated rings. The van der Waals surface area contributed by atoms with E-state index in [1.165, 1.54) is 12.1 Å². The third kappa shape index (κ3) is 2.66. The zero-order valence-electron chi connectivity index (χ0n) is 11.0. The van der Waals surface area contributed by atoms with Crippen molar-refractivity contribution in [3.8, 4) is 0 Å². The van der Waals surface area contributed by atoms with Gasteiger partial charge in [0.05, 0.1) is 12.2 Å². The number of halogens is 3. The molecule has 1 aliphatic heterocycles. The Bertz CT molecular complexity index is 635. The number of hydrogen-bond acceptors (Lipinski definition) is 2. The lowest BCUT2D eigenvalue weighted by Crippen LogP contribution is -2.11. The van der Waals surface area contributed by atoms with Gasteiger partial charge >= 0.3 is 6.18 Å². The predicted molar refractivity (Wildman–Crippen MR) is 70.4 cm³/mol. The molecule has 2 aromatic carbocycles. The van der Waals surface area contributed by atoms with E-state index in [9.17, 15) is 18.3 Å². The first-order chi connectivity index (χ1) is 9.97. The molecule has 2 atom stereocenters. The molecule has 21 heavy (non-hydrogen) atoms. The minimum atomic E-state index is -4.38. The first-order valence-corrected chi connectivity index (χ1v) is 6.51. The maximum Gasteiger partial charge on any atom is 0.416 e. The molecule has 2 aromatic rings. The van der Waals surface area contributed by atoms with Gasteiger partial charge in [-0.15, -0.1) is 0 Å². The molecule has 0 saturated carbocycles. The van der Waals surface area contributed by atoms with Crippen LogP contribution in [0.3, 0.4) is 0 Å². The monoisotopic (exact) mass is 294 g/mol. The minimum absolute atomic E-state index is 0.401. The molecule has 0 amide bonds. The van der Waals surface area contributed by atoms with E-state index in [0.717, 1.165) is 23.3 Å². The molecule has 0 bridgehead atoms. The summed E-state index contributed by atoms with van der Waals surface area (Å²) in [7, 11) is 0. The summed E-state index contributed by atoms with van der Waals surface area (Å²) in [5.74, 6) is 0. The van der Waals surface area contributed by atoms with Crippen molar-refractivity contribution in [2.24, 2.45) is 0 Å². The summed E-state index contributed by atoms with van der Waals surface area (Å²) in [6.07, 6.45) is -5.91. The maximum atomic E-state index is 12.5. The van der Waals surface area contributed by atoms with Crippen molar-refractivity contribution in [3.63, 3.8) is 0 Å². The summed E-state index contributed by atoms with van der Waals surface area (Å²) >= 11 is 0. The molecular weight excluding hydrogens is 281 g/mol. The Hall–Kier alpha value is -1.85. The molecule has 0 saturated heterocycles. The molecular formula is C16H13F3O2. The maximum absolute atomic E-state index is 12.5. The molecule has 1 N–H and O–H groups in total. The Labute approximate surface area is 119 Å². The van der Waals surface area contributed by atoms with Crippen molar-refractivity contribution in [2.45, 2.75) is 25.0 Å². The highest BCUT2D eigenvalue weighted by molar-refractivity contribution is 5.35. The van der Waals surface area contributed by atoms with E-state index in [-0.39, 0.29) is 0 Å². The molecule has 0 aliphatic carbocycles. The summed E-state index contributed by atoms with van der Waals surface area (Å²) < 4.78 is 43.2. The van der Waals surface area contributed by atoms with Crippen LogP contribution in [-0.2, 0) is 17.5 Å². The molecule has 0 unspecified atom stereocenters. The van der Waals surface area contributed by atoms with Gasteiger partial charge in [0.15, 0.2) is 0 Å². The van der Waals surface area contributed by atoms with Gasteiger partial charge in [-0.3, -0.25) is 0 Å². The number of aliphatic hydroxyl groups excluding tert-OH is 1. The highest BCUT2D eigenvalue weighted by Crippen LogP contribution is 2.40. The second-order valence-electron chi connectivity index (χ2n) is 5.00. The number of alkyl halides is 3. The van der Waals surface area contributed by atoms with E-state index in [0.29, 0.717) is 12.2 Å². The zero-order valence-corrected chi connectivity index (χ0v) is 11.0. The first kappa shape index (κ1) is 14.1. The Morgan fingerprint density at radius 2 is 1.71 bits per heavy atom. The first-order valence-electron chi connectivity index (χ1n) is 6.51. The summed E-state index contributed by atoms with van der Waals surface area (Å²) in [5.41, 5.74) is 1.55. The van der Waals surface area contributed by atoms with Gasteiger partial charge in [-0.05, 0) is 28.8 Å². The van der Waals surface area contributed by atoms with Crippen LogP contribution in [0.5, 0.6) is 0 Å². The van der Waals surface area contributed by atoms with E-state index in [2.05, 4.69) is 0 Å². The Morgan fingerprint density at radius 3 is 2.38 bits per heavy atom. The smallest absolute Gasteiger partial charge is 0.385 e. The van der Waals surface area contributed by atoms with Crippen LogP contribution < -0.4 is 0 Å². The lowest BCUT2D eigenvalue weighted by Gasteiger charge is -2.19. The van der Waals surface area contributed by atoms with Crippen molar-refractivity contribution in [2.75, 3.05) is 0 Å². The molecule has 2 nitrogen and oxygen atoms in total. The van der Waals surface area contributed by atoms with Gasteiger partial charge in [-0.1, -0.05) is 36.4 Å². The number of aliphatic hydroxyl groups is 1. The van der Waals surface area contributed by atoms with Gasteiger partial charge in [0.2, 0.25) is 0 Å². The van der Waals surface area contributed by atoms with E-state index < -0.39 is 23.9 Å². The van der Waals surface area contributed by atoms with Gasteiger partial charge in [0, 0.05) is 0 Å². The van der Waals surface area contributed by atoms with Crippen LogP contribution in [0, 0.1) is 0 Å². The molecule has 1 aliphatic rings. The van der Waals surface area contributed by atoms with Crippen LogP contribution >= 0.6 is 0 Å². The van der Waals surface area contributed by atoms with Crippen LogP contribution in [0.15, 0.2) is 48.5 Å². The predicted octanol–water partition coefficient (Wildman–Crippen LogP) is 4.01. The second kappa shape index (κ2) is 5.16. The summed E-state index contributed by atoms with van der Waals surface area (Å²) in [6, 6.07) is 12.0. The van der Waals surface area contributed by atoms with E-state index >= 15 is 0 Å². The summed E-state index contributed by atoms with van der Waals surface area (Å²) in [4.78, 5) is 0. The van der Waals surface area contributed by atoms with E-state index in [4.69, 9.17) is 4.74 Å². The van der Waals surface area contributed by atoms with Crippen molar-refractivity contribution < 1.29 is 23.0 Å².